The minimum atomic E-state index is -0.293. The summed E-state index contributed by atoms with van der Waals surface area (Å²) in [6, 6.07) is 0. The van der Waals surface area contributed by atoms with Gasteiger partial charge in [-0.2, -0.15) is 0 Å². The molecule has 2 atom stereocenters. The fourth-order valence-electron chi connectivity index (χ4n) is 7.74. The second-order valence-electron chi connectivity index (χ2n) is 16.1. The Morgan fingerprint density at radius 2 is 1.15 bits per heavy atom. The van der Waals surface area contributed by atoms with E-state index in [0.29, 0.717) is 68.5 Å². The van der Waals surface area contributed by atoms with Gasteiger partial charge in [-0.25, -0.2) is 0 Å². The van der Waals surface area contributed by atoms with E-state index in [4.69, 9.17) is 9.47 Å². The molecule has 4 saturated carbocycles. The maximum atomic E-state index is 13.0. The Labute approximate surface area is 325 Å². The van der Waals surface area contributed by atoms with Gasteiger partial charge in [0.1, 0.15) is 11.6 Å². The number of Topliss-reactive ketones (excluding diaryl/α,β-unsaturated/α-hetero) is 2. The largest absolute Gasteiger partial charge is 0.466 e. The normalized spacial score (nSPS) is 21.4. The highest BCUT2D eigenvalue weighted by molar-refractivity contribution is 7.13. The number of hydrogen-bond donors (Lipinski definition) is 2. The van der Waals surface area contributed by atoms with Gasteiger partial charge in [0, 0.05) is 57.3 Å². The van der Waals surface area contributed by atoms with Gasteiger partial charge < -0.3 is 20.1 Å². The van der Waals surface area contributed by atoms with E-state index >= 15 is 0 Å². The van der Waals surface area contributed by atoms with E-state index < -0.39 is 0 Å². The van der Waals surface area contributed by atoms with Crippen LogP contribution >= 0.6 is 22.7 Å². The molecule has 2 aromatic heterocycles. The van der Waals surface area contributed by atoms with Crippen LogP contribution in [-0.4, -0.2) is 61.6 Å². The van der Waals surface area contributed by atoms with Crippen molar-refractivity contribution in [1.82, 2.24) is 10.6 Å². The number of amides is 2. The first-order valence-electron chi connectivity index (χ1n) is 20.4. The number of fused-ring (bicyclic) bond motifs is 2. The molecule has 2 aromatic rings. The summed E-state index contributed by atoms with van der Waals surface area (Å²) in [6.45, 7) is 5.78. The number of esters is 2. The van der Waals surface area contributed by atoms with Crippen molar-refractivity contribution < 1.29 is 38.2 Å². The fraction of sp³-hybridized carbons (Fsp3) is 0.667. The van der Waals surface area contributed by atoms with Gasteiger partial charge in [-0.1, -0.05) is 0 Å². The fourth-order valence-corrected chi connectivity index (χ4v) is 10.6. The third-order valence-electron chi connectivity index (χ3n) is 11.6. The van der Waals surface area contributed by atoms with Crippen molar-refractivity contribution in [2.75, 3.05) is 26.3 Å². The van der Waals surface area contributed by atoms with E-state index in [1.54, 1.807) is 11.3 Å². The molecule has 12 heteroatoms. The van der Waals surface area contributed by atoms with E-state index in [-0.39, 0.29) is 59.0 Å². The van der Waals surface area contributed by atoms with Gasteiger partial charge in [-0.15, -0.1) is 22.7 Å². The summed E-state index contributed by atoms with van der Waals surface area (Å²) in [5, 5.41) is 6.13. The Hall–Kier alpha value is -3.38. The number of ketones is 2. The number of hydrogen-bond acceptors (Lipinski definition) is 10. The zero-order chi connectivity index (χ0) is 37.9. The smallest absolute Gasteiger partial charge is 0.314 e. The lowest BCUT2D eigenvalue weighted by atomic mass is 9.85. The molecular formula is C42H54N2O8S2. The van der Waals surface area contributed by atoms with Crippen molar-refractivity contribution in [3.8, 4) is 0 Å². The van der Waals surface area contributed by atoms with Crippen LogP contribution in [0.4, 0.5) is 0 Å². The average Bonchev–Trinajstić information content (AvgIpc) is 3.95. The van der Waals surface area contributed by atoms with Crippen LogP contribution in [-0.2, 0) is 60.8 Å². The van der Waals surface area contributed by atoms with Crippen LogP contribution in [0.15, 0.2) is 0 Å². The van der Waals surface area contributed by atoms with Crippen molar-refractivity contribution in [2.45, 2.75) is 122 Å². The molecule has 4 fully saturated rings. The summed E-state index contributed by atoms with van der Waals surface area (Å²) >= 11 is 3.10. The van der Waals surface area contributed by atoms with Crippen LogP contribution in [0.3, 0.4) is 0 Å². The van der Waals surface area contributed by atoms with Crippen LogP contribution in [0.1, 0.15) is 142 Å². The predicted octanol–water partition coefficient (Wildman–Crippen LogP) is 6.47. The second-order valence-corrected chi connectivity index (χ2v) is 18.4. The standard InChI is InChI=1S/2C21H27NO4S/c1-2-26-21(25)14-7-8-17-15(9-14)19(20(24)22-11-12-3-4-12)18(27-17)10-16(23)13-5-6-13;1-2-26-21(25)15-5-3-4-14-18(20(24)22-11-12-6-7-12)17(27-19(14)15)10-16(23)13-8-9-13/h12-14H,2-11H2,1H3,(H,22,24);12-13,15H,2-11H2,1H3,(H,22,24). The SMILES string of the molecule is CCOC(=O)C1CCCc2c1sc(CC(=O)C1CC1)c2C(=O)NCC1CC1.CCOC(=O)C1CCc2sc(CC(=O)C3CC3)c(C(=O)NCC3CC3)c2C1. The van der Waals surface area contributed by atoms with Crippen molar-refractivity contribution in [3.63, 3.8) is 0 Å². The first-order valence-corrected chi connectivity index (χ1v) is 22.0. The molecule has 292 valence electrons. The third-order valence-corrected chi connectivity index (χ3v) is 14.2. The summed E-state index contributed by atoms with van der Waals surface area (Å²) in [5.41, 5.74) is 3.32. The molecule has 0 aliphatic heterocycles. The summed E-state index contributed by atoms with van der Waals surface area (Å²) in [7, 11) is 0. The number of aryl methyl sites for hydroxylation is 1. The van der Waals surface area contributed by atoms with Crippen LogP contribution in [0.2, 0.25) is 0 Å². The number of thiophene rings is 2. The zero-order valence-corrected chi connectivity index (χ0v) is 33.3. The molecule has 0 radical (unpaired) electrons. The maximum Gasteiger partial charge on any atom is 0.314 e. The highest BCUT2D eigenvalue weighted by atomic mass is 32.1. The minimum absolute atomic E-state index is 0.0671. The molecule has 2 N–H and O–H groups in total. The zero-order valence-electron chi connectivity index (χ0n) is 31.7. The molecule has 2 heterocycles. The Bertz CT molecular complexity index is 1780. The molecule has 0 bridgehead atoms. The topological polar surface area (TPSA) is 145 Å². The van der Waals surface area contributed by atoms with Gasteiger partial charge in [0.2, 0.25) is 0 Å². The van der Waals surface area contributed by atoms with Crippen LogP contribution in [0.5, 0.6) is 0 Å². The lowest BCUT2D eigenvalue weighted by Gasteiger charge is -2.21. The maximum absolute atomic E-state index is 13.0. The molecule has 2 unspecified atom stereocenters. The van der Waals surface area contributed by atoms with E-state index in [1.165, 1.54) is 41.9 Å². The highest BCUT2D eigenvalue weighted by Gasteiger charge is 2.38. The number of nitrogens with one attached hydrogen (secondary N) is 2. The third kappa shape index (κ3) is 9.52. The first-order chi connectivity index (χ1) is 26.1. The molecule has 0 saturated heterocycles. The van der Waals surface area contributed by atoms with Gasteiger partial charge >= 0.3 is 11.9 Å². The molecular weight excluding hydrogens is 725 g/mol. The molecule has 6 aliphatic rings. The number of carbonyl (C=O) groups excluding carboxylic acids is 6. The monoisotopic (exact) mass is 778 g/mol. The number of ether oxygens (including phenoxy) is 2. The van der Waals surface area contributed by atoms with E-state index in [1.807, 2.05) is 13.8 Å². The molecule has 2 amide bonds. The van der Waals surface area contributed by atoms with Gasteiger partial charge in [0.25, 0.3) is 11.8 Å². The van der Waals surface area contributed by atoms with Crippen molar-refractivity contribution in [3.05, 3.63) is 41.8 Å². The Balaban J connectivity index is 0.000000167. The van der Waals surface area contributed by atoms with Crippen molar-refractivity contribution in [1.29, 1.82) is 0 Å². The Kier molecular flexibility index (Phi) is 12.4. The molecule has 0 spiro atoms. The lowest BCUT2D eigenvalue weighted by molar-refractivity contribution is -0.148. The molecule has 8 rings (SSSR count). The number of rotatable bonds is 16. The summed E-state index contributed by atoms with van der Waals surface area (Å²) in [6.07, 6.45) is 13.8. The van der Waals surface area contributed by atoms with E-state index in [0.717, 1.165) is 83.5 Å². The minimum Gasteiger partial charge on any atom is -0.466 e. The Morgan fingerprint density at radius 3 is 1.69 bits per heavy atom. The van der Waals surface area contributed by atoms with Crippen LogP contribution in [0, 0.1) is 29.6 Å². The summed E-state index contributed by atoms with van der Waals surface area (Å²) < 4.78 is 10.5. The molecule has 0 aromatic carbocycles. The van der Waals surface area contributed by atoms with E-state index in [2.05, 4.69) is 10.6 Å². The predicted molar refractivity (Wildman–Crippen MR) is 206 cm³/mol. The van der Waals surface area contributed by atoms with Gasteiger partial charge in [-0.3, -0.25) is 28.8 Å². The highest BCUT2D eigenvalue weighted by Crippen LogP contribution is 2.44. The van der Waals surface area contributed by atoms with Gasteiger partial charge in [0.05, 0.1) is 36.2 Å². The van der Waals surface area contributed by atoms with Gasteiger partial charge in [0.15, 0.2) is 0 Å². The van der Waals surface area contributed by atoms with E-state index in [9.17, 15) is 28.8 Å². The summed E-state index contributed by atoms with van der Waals surface area (Å²) in [4.78, 5) is 79.3. The molecule has 10 nitrogen and oxygen atoms in total. The molecule has 6 aliphatic carbocycles. The van der Waals surface area contributed by atoms with Crippen molar-refractivity contribution >= 4 is 58.0 Å². The summed E-state index contributed by atoms with van der Waals surface area (Å²) in [5.74, 6) is 1.08. The molecule has 54 heavy (non-hydrogen) atoms. The van der Waals surface area contributed by atoms with Crippen LogP contribution < -0.4 is 10.6 Å². The average molecular weight is 779 g/mol. The quantitative estimate of drug-likeness (QED) is 0.185. The second kappa shape index (κ2) is 17.2. The van der Waals surface area contributed by atoms with Crippen LogP contribution in [0.25, 0.3) is 0 Å². The lowest BCUT2D eigenvalue weighted by Crippen LogP contribution is -2.29. The number of carbonyl (C=O) groups is 6. The first kappa shape index (κ1) is 38.9. The Morgan fingerprint density at radius 1 is 0.611 bits per heavy atom. The van der Waals surface area contributed by atoms with Gasteiger partial charge in [-0.05, 0) is 127 Å². The van der Waals surface area contributed by atoms with Crippen molar-refractivity contribution in [2.24, 2.45) is 29.6 Å².